The topological polar surface area (TPSA) is 95.6 Å². The molecule has 0 aliphatic carbocycles. The van der Waals surface area contributed by atoms with Crippen molar-refractivity contribution in [2.24, 2.45) is 0 Å². The van der Waals surface area contributed by atoms with Crippen LogP contribution in [0.5, 0.6) is 0 Å². The van der Waals surface area contributed by atoms with Crippen LogP contribution in [-0.2, 0) is 11.2 Å². The van der Waals surface area contributed by atoms with Crippen LogP contribution in [0.25, 0.3) is 21.9 Å². The van der Waals surface area contributed by atoms with Crippen LogP contribution in [0.4, 0.5) is 10.2 Å². The molecule has 0 saturated heterocycles. The molecule has 0 aliphatic heterocycles. The van der Waals surface area contributed by atoms with Gasteiger partial charge >= 0.3 is 0 Å². The molecule has 7 nitrogen and oxygen atoms in total. The van der Waals surface area contributed by atoms with Crippen LogP contribution in [0.3, 0.4) is 0 Å². The Morgan fingerprint density at radius 1 is 1.19 bits per heavy atom. The minimum atomic E-state index is -0.344. The Hall–Kier alpha value is -3.55. The highest BCUT2D eigenvalue weighted by molar-refractivity contribution is 6.10. The molecule has 0 unspecified atom stereocenters. The minimum absolute atomic E-state index is 0.144. The molecule has 4 rings (SSSR count). The summed E-state index contributed by atoms with van der Waals surface area (Å²) < 4.78 is 13.2. The van der Waals surface area contributed by atoms with Crippen LogP contribution in [0.1, 0.15) is 5.56 Å². The number of nitrogens with zero attached hydrogens (tertiary/aromatic N) is 3. The Morgan fingerprint density at radius 2 is 2.11 bits per heavy atom. The van der Waals surface area contributed by atoms with Crippen molar-refractivity contribution in [3.05, 3.63) is 60.4 Å². The van der Waals surface area contributed by atoms with Crippen LogP contribution in [-0.4, -0.2) is 38.9 Å². The molecule has 0 bridgehead atoms. The van der Waals surface area contributed by atoms with Gasteiger partial charge in [0.25, 0.3) is 0 Å². The molecule has 8 heteroatoms. The standard InChI is InChI=1S/C19H17FN6O/c20-13-3-1-2-12(8-13)9-16(27)22-6-7-23-18-17-14-4-5-21-10-15(14)26-19(17)25-11-24-18/h1-5,8,10-11H,6-7,9H2,(H,22,27)(H2,23,24,25,26). The summed E-state index contributed by atoms with van der Waals surface area (Å²) in [7, 11) is 0. The molecule has 0 spiro atoms. The first-order valence-electron chi connectivity index (χ1n) is 8.52. The van der Waals surface area contributed by atoms with Gasteiger partial charge < -0.3 is 15.6 Å². The monoisotopic (exact) mass is 364 g/mol. The van der Waals surface area contributed by atoms with E-state index in [0.717, 1.165) is 21.9 Å². The van der Waals surface area contributed by atoms with Gasteiger partial charge in [0.05, 0.1) is 23.5 Å². The number of carbonyl (C=O) groups is 1. The van der Waals surface area contributed by atoms with Gasteiger partial charge in [0, 0.05) is 24.7 Å². The van der Waals surface area contributed by atoms with Gasteiger partial charge in [-0.2, -0.15) is 0 Å². The van der Waals surface area contributed by atoms with Gasteiger partial charge in [0.2, 0.25) is 5.91 Å². The summed E-state index contributed by atoms with van der Waals surface area (Å²) in [5.41, 5.74) is 2.26. The zero-order chi connectivity index (χ0) is 18.6. The first-order chi connectivity index (χ1) is 13.2. The number of aromatic nitrogens is 4. The lowest BCUT2D eigenvalue weighted by atomic mass is 10.1. The van der Waals surface area contributed by atoms with E-state index < -0.39 is 0 Å². The maximum atomic E-state index is 13.2. The molecule has 1 amide bonds. The average molecular weight is 364 g/mol. The second kappa shape index (κ2) is 7.36. The van der Waals surface area contributed by atoms with E-state index in [2.05, 4.69) is 30.6 Å². The van der Waals surface area contributed by atoms with Crippen molar-refractivity contribution in [2.75, 3.05) is 18.4 Å². The van der Waals surface area contributed by atoms with Crippen LogP contribution in [0.2, 0.25) is 0 Å². The number of nitrogens with one attached hydrogen (secondary N) is 3. The number of fused-ring (bicyclic) bond motifs is 3. The second-order valence-electron chi connectivity index (χ2n) is 6.08. The zero-order valence-corrected chi connectivity index (χ0v) is 14.4. The molecule has 1 aromatic carbocycles. The minimum Gasteiger partial charge on any atom is -0.368 e. The number of benzene rings is 1. The van der Waals surface area contributed by atoms with E-state index in [4.69, 9.17) is 0 Å². The smallest absolute Gasteiger partial charge is 0.224 e. The lowest BCUT2D eigenvalue weighted by Crippen LogP contribution is -2.30. The van der Waals surface area contributed by atoms with Gasteiger partial charge in [0.15, 0.2) is 0 Å². The first-order valence-corrected chi connectivity index (χ1v) is 8.52. The number of aromatic amines is 1. The van der Waals surface area contributed by atoms with Gasteiger partial charge in [-0.1, -0.05) is 12.1 Å². The van der Waals surface area contributed by atoms with Gasteiger partial charge in [-0.25, -0.2) is 14.4 Å². The molecule has 27 heavy (non-hydrogen) atoms. The van der Waals surface area contributed by atoms with E-state index in [0.29, 0.717) is 24.5 Å². The van der Waals surface area contributed by atoms with Gasteiger partial charge in [-0.15, -0.1) is 0 Å². The van der Waals surface area contributed by atoms with Crippen LogP contribution in [0, 0.1) is 5.82 Å². The fraction of sp³-hybridized carbons (Fsp3) is 0.158. The highest BCUT2D eigenvalue weighted by Crippen LogP contribution is 2.27. The molecule has 0 fully saturated rings. The number of pyridine rings is 1. The Kier molecular flexibility index (Phi) is 4.61. The zero-order valence-electron chi connectivity index (χ0n) is 14.4. The molecule has 136 valence electrons. The van der Waals surface area contributed by atoms with Gasteiger partial charge in [-0.3, -0.25) is 9.78 Å². The number of anilines is 1. The number of H-pyrrole nitrogens is 1. The largest absolute Gasteiger partial charge is 0.368 e. The average Bonchev–Trinajstić information content (AvgIpc) is 3.04. The van der Waals surface area contributed by atoms with Crippen molar-refractivity contribution in [1.82, 2.24) is 25.3 Å². The summed E-state index contributed by atoms with van der Waals surface area (Å²) >= 11 is 0. The van der Waals surface area contributed by atoms with Crippen LogP contribution in [0.15, 0.2) is 49.1 Å². The molecule has 3 aromatic heterocycles. The molecule has 0 aliphatic rings. The number of carbonyl (C=O) groups excluding carboxylic acids is 1. The predicted octanol–water partition coefficient (Wildman–Crippen LogP) is 2.42. The van der Waals surface area contributed by atoms with Crippen molar-refractivity contribution in [2.45, 2.75) is 6.42 Å². The second-order valence-corrected chi connectivity index (χ2v) is 6.08. The molecule has 0 atom stereocenters. The molecule has 4 aromatic rings. The lowest BCUT2D eigenvalue weighted by Gasteiger charge is -2.08. The fourth-order valence-corrected chi connectivity index (χ4v) is 2.99. The maximum absolute atomic E-state index is 13.2. The van der Waals surface area contributed by atoms with E-state index >= 15 is 0 Å². The highest BCUT2D eigenvalue weighted by Gasteiger charge is 2.11. The summed E-state index contributed by atoms with van der Waals surface area (Å²) in [5.74, 6) is 0.189. The quantitative estimate of drug-likeness (QED) is 0.457. The molecule has 0 radical (unpaired) electrons. The van der Waals surface area contributed by atoms with Crippen molar-refractivity contribution < 1.29 is 9.18 Å². The van der Waals surface area contributed by atoms with E-state index in [9.17, 15) is 9.18 Å². The summed E-state index contributed by atoms with van der Waals surface area (Å²) in [5, 5.41) is 7.92. The van der Waals surface area contributed by atoms with Gasteiger partial charge in [0.1, 0.15) is 23.6 Å². The van der Waals surface area contributed by atoms with Gasteiger partial charge in [-0.05, 0) is 23.8 Å². The maximum Gasteiger partial charge on any atom is 0.224 e. The SMILES string of the molecule is O=C(Cc1cccc(F)c1)NCCNc1ncnc2[nH]c3cnccc3c12. The van der Waals surface area contributed by atoms with Crippen LogP contribution >= 0.6 is 0 Å². The Balaban J connectivity index is 1.37. The normalized spacial score (nSPS) is 11.0. The Morgan fingerprint density at radius 3 is 3.00 bits per heavy atom. The summed E-state index contributed by atoms with van der Waals surface area (Å²) in [4.78, 5) is 27.8. The molecule has 3 N–H and O–H groups in total. The Labute approximate surface area is 154 Å². The number of hydrogen-bond donors (Lipinski definition) is 3. The summed E-state index contributed by atoms with van der Waals surface area (Å²) in [6.45, 7) is 0.919. The molecule has 3 heterocycles. The molecular formula is C19H17FN6O. The molecular weight excluding hydrogens is 347 g/mol. The summed E-state index contributed by atoms with van der Waals surface area (Å²) in [6.07, 6.45) is 5.09. The third-order valence-electron chi connectivity index (χ3n) is 4.18. The van der Waals surface area contributed by atoms with E-state index in [1.54, 1.807) is 24.5 Å². The lowest BCUT2D eigenvalue weighted by molar-refractivity contribution is -0.120. The number of hydrogen-bond acceptors (Lipinski definition) is 5. The number of amides is 1. The van der Waals surface area contributed by atoms with Crippen molar-refractivity contribution in [3.63, 3.8) is 0 Å². The third-order valence-corrected chi connectivity index (χ3v) is 4.18. The highest BCUT2D eigenvalue weighted by atomic mass is 19.1. The van der Waals surface area contributed by atoms with E-state index in [-0.39, 0.29) is 18.1 Å². The van der Waals surface area contributed by atoms with Crippen molar-refractivity contribution in [3.8, 4) is 0 Å². The van der Waals surface area contributed by atoms with Crippen molar-refractivity contribution >= 4 is 33.7 Å². The first kappa shape index (κ1) is 16.9. The van der Waals surface area contributed by atoms with E-state index in [1.165, 1.54) is 18.5 Å². The van der Waals surface area contributed by atoms with Crippen molar-refractivity contribution in [1.29, 1.82) is 0 Å². The third kappa shape index (κ3) is 3.69. The predicted molar refractivity (Wildman–Crippen MR) is 101 cm³/mol. The fourth-order valence-electron chi connectivity index (χ4n) is 2.99. The molecule has 0 saturated carbocycles. The summed E-state index contributed by atoms with van der Waals surface area (Å²) in [6, 6.07) is 7.94. The number of halogens is 1. The van der Waals surface area contributed by atoms with E-state index in [1.807, 2.05) is 6.07 Å². The van der Waals surface area contributed by atoms with Crippen LogP contribution < -0.4 is 10.6 Å². The Bertz CT molecular complexity index is 1110. The number of rotatable bonds is 6.